The maximum atomic E-state index is 11.2. The van der Waals surface area contributed by atoms with E-state index >= 15 is 0 Å². The average Bonchev–Trinajstić information content (AvgIpc) is 2.78. The van der Waals surface area contributed by atoms with Crippen molar-refractivity contribution < 1.29 is 4.79 Å². The molecule has 2 rings (SSSR count). The van der Waals surface area contributed by atoms with E-state index in [-0.39, 0.29) is 5.41 Å². The molecule has 0 aromatic heterocycles. The molecule has 1 aromatic carbocycles. The van der Waals surface area contributed by atoms with Crippen LogP contribution in [-0.4, -0.2) is 12.8 Å². The number of hydrogen-bond donors (Lipinski definition) is 1. The summed E-state index contributed by atoms with van der Waals surface area (Å²) in [5.74, 6) is 0. The average molecular weight is 217 g/mol. The van der Waals surface area contributed by atoms with Crippen molar-refractivity contribution in [2.24, 2.45) is 5.73 Å². The highest BCUT2D eigenvalue weighted by Crippen LogP contribution is 2.41. The second-order valence-corrected chi connectivity index (χ2v) is 4.90. The predicted molar refractivity (Wildman–Crippen MR) is 65.8 cm³/mol. The van der Waals surface area contributed by atoms with Crippen LogP contribution in [0.25, 0.3) is 0 Å². The van der Waals surface area contributed by atoms with Crippen LogP contribution in [0.5, 0.6) is 0 Å². The number of rotatable bonds is 3. The SMILES string of the molecule is Cc1ccc(C2(CN)CCCC2)c(C=O)c1. The Morgan fingerprint density at radius 3 is 2.62 bits per heavy atom. The van der Waals surface area contributed by atoms with Crippen molar-refractivity contribution in [3.63, 3.8) is 0 Å². The first kappa shape index (κ1) is 11.3. The Morgan fingerprint density at radius 1 is 1.38 bits per heavy atom. The number of aldehydes is 1. The molecule has 0 saturated heterocycles. The highest BCUT2D eigenvalue weighted by molar-refractivity contribution is 5.78. The molecule has 1 aliphatic carbocycles. The van der Waals surface area contributed by atoms with Crippen molar-refractivity contribution in [1.29, 1.82) is 0 Å². The molecule has 2 N–H and O–H groups in total. The summed E-state index contributed by atoms with van der Waals surface area (Å²) < 4.78 is 0. The summed E-state index contributed by atoms with van der Waals surface area (Å²) >= 11 is 0. The molecular weight excluding hydrogens is 198 g/mol. The Hall–Kier alpha value is -1.15. The van der Waals surface area contributed by atoms with E-state index in [9.17, 15) is 4.79 Å². The number of carbonyl (C=O) groups excluding carboxylic acids is 1. The van der Waals surface area contributed by atoms with E-state index in [2.05, 4.69) is 12.1 Å². The molecule has 0 bridgehead atoms. The molecule has 1 fully saturated rings. The van der Waals surface area contributed by atoms with Crippen molar-refractivity contribution in [2.75, 3.05) is 6.54 Å². The third-order valence-electron chi connectivity index (χ3n) is 3.86. The molecule has 0 radical (unpaired) electrons. The fourth-order valence-corrected chi connectivity index (χ4v) is 2.90. The zero-order valence-electron chi connectivity index (χ0n) is 9.83. The summed E-state index contributed by atoms with van der Waals surface area (Å²) in [6.07, 6.45) is 5.66. The molecule has 86 valence electrons. The van der Waals surface area contributed by atoms with Gasteiger partial charge in [0, 0.05) is 17.5 Å². The highest BCUT2D eigenvalue weighted by atomic mass is 16.1. The zero-order chi connectivity index (χ0) is 11.6. The van der Waals surface area contributed by atoms with E-state index in [0.717, 1.165) is 35.8 Å². The molecule has 0 amide bonds. The van der Waals surface area contributed by atoms with E-state index in [4.69, 9.17) is 5.73 Å². The van der Waals surface area contributed by atoms with Crippen LogP contribution in [0.2, 0.25) is 0 Å². The van der Waals surface area contributed by atoms with Crippen molar-refractivity contribution in [3.05, 3.63) is 34.9 Å². The number of carbonyl (C=O) groups is 1. The minimum Gasteiger partial charge on any atom is -0.330 e. The van der Waals surface area contributed by atoms with Crippen LogP contribution in [0.1, 0.15) is 47.2 Å². The van der Waals surface area contributed by atoms with Gasteiger partial charge in [-0.2, -0.15) is 0 Å². The van der Waals surface area contributed by atoms with Gasteiger partial charge in [0.05, 0.1) is 0 Å². The minimum atomic E-state index is 0.0595. The van der Waals surface area contributed by atoms with Crippen LogP contribution in [0.15, 0.2) is 18.2 Å². The topological polar surface area (TPSA) is 43.1 Å². The maximum absolute atomic E-state index is 11.2. The van der Waals surface area contributed by atoms with Crippen molar-refractivity contribution in [1.82, 2.24) is 0 Å². The smallest absolute Gasteiger partial charge is 0.150 e. The van der Waals surface area contributed by atoms with Gasteiger partial charge in [0.25, 0.3) is 0 Å². The number of hydrogen-bond acceptors (Lipinski definition) is 2. The van der Waals surface area contributed by atoms with Gasteiger partial charge >= 0.3 is 0 Å². The Labute approximate surface area is 96.8 Å². The van der Waals surface area contributed by atoms with Gasteiger partial charge in [0.2, 0.25) is 0 Å². The van der Waals surface area contributed by atoms with E-state index in [1.807, 2.05) is 13.0 Å². The van der Waals surface area contributed by atoms with Gasteiger partial charge in [0.15, 0.2) is 0 Å². The molecule has 0 aliphatic heterocycles. The summed E-state index contributed by atoms with van der Waals surface area (Å²) in [7, 11) is 0. The van der Waals surface area contributed by atoms with Gasteiger partial charge in [-0.1, -0.05) is 30.5 Å². The van der Waals surface area contributed by atoms with Crippen LogP contribution in [0.3, 0.4) is 0 Å². The van der Waals surface area contributed by atoms with Crippen molar-refractivity contribution in [2.45, 2.75) is 38.0 Å². The fraction of sp³-hybridized carbons (Fsp3) is 0.500. The van der Waals surface area contributed by atoms with Crippen LogP contribution in [0, 0.1) is 6.92 Å². The zero-order valence-corrected chi connectivity index (χ0v) is 9.83. The van der Waals surface area contributed by atoms with E-state index in [1.165, 1.54) is 12.8 Å². The summed E-state index contributed by atoms with van der Waals surface area (Å²) in [5, 5.41) is 0. The summed E-state index contributed by atoms with van der Waals surface area (Å²) in [5.41, 5.74) is 9.13. The molecule has 2 heteroatoms. The highest BCUT2D eigenvalue weighted by Gasteiger charge is 2.35. The molecule has 1 saturated carbocycles. The summed E-state index contributed by atoms with van der Waals surface area (Å²) in [6, 6.07) is 6.15. The monoisotopic (exact) mass is 217 g/mol. The normalized spacial score (nSPS) is 18.6. The second kappa shape index (κ2) is 4.38. The van der Waals surface area contributed by atoms with Crippen LogP contribution < -0.4 is 5.73 Å². The quantitative estimate of drug-likeness (QED) is 0.791. The molecule has 2 nitrogen and oxygen atoms in total. The van der Waals surface area contributed by atoms with Gasteiger partial charge in [-0.15, -0.1) is 0 Å². The Kier molecular flexibility index (Phi) is 3.10. The molecule has 0 atom stereocenters. The third kappa shape index (κ3) is 1.78. The molecule has 1 aliphatic rings. The molecule has 0 spiro atoms. The van der Waals surface area contributed by atoms with Crippen LogP contribution >= 0.6 is 0 Å². The second-order valence-electron chi connectivity index (χ2n) is 4.90. The largest absolute Gasteiger partial charge is 0.330 e. The van der Waals surface area contributed by atoms with Crippen molar-refractivity contribution in [3.8, 4) is 0 Å². The minimum absolute atomic E-state index is 0.0595. The lowest BCUT2D eigenvalue weighted by atomic mass is 9.76. The van der Waals surface area contributed by atoms with Crippen molar-refractivity contribution >= 4 is 6.29 Å². The first-order valence-corrected chi connectivity index (χ1v) is 5.98. The Bertz CT molecular complexity index is 392. The summed E-state index contributed by atoms with van der Waals surface area (Å²) in [4.78, 5) is 11.2. The van der Waals surface area contributed by atoms with E-state index in [0.29, 0.717) is 6.54 Å². The van der Waals surface area contributed by atoms with Gasteiger partial charge in [-0.05, 0) is 31.4 Å². The van der Waals surface area contributed by atoms with E-state index in [1.54, 1.807) is 0 Å². The molecule has 0 heterocycles. The molecule has 16 heavy (non-hydrogen) atoms. The first-order chi connectivity index (χ1) is 7.72. The maximum Gasteiger partial charge on any atom is 0.150 e. The number of nitrogens with two attached hydrogens (primary N) is 1. The molecule has 1 aromatic rings. The van der Waals surface area contributed by atoms with Gasteiger partial charge in [-0.25, -0.2) is 0 Å². The van der Waals surface area contributed by atoms with Crippen LogP contribution in [0.4, 0.5) is 0 Å². The first-order valence-electron chi connectivity index (χ1n) is 5.98. The van der Waals surface area contributed by atoms with Gasteiger partial charge < -0.3 is 5.73 Å². The number of benzene rings is 1. The lowest BCUT2D eigenvalue weighted by molar-refractivity contribution is 0.112. The Morgan fingerprint density at radius 2 is 2.06 bits per heavy atom. The number of aryl methyl sites for hydroxylation is 1. The van der Waals surface area contributed by atoms with Gasteiger partial charge in [-0.3, -0.25) is 4.79 Å². The molecule has 0 unspecified atom stereocenters. The fourth-order valence-electron chi connectivity index (χ4n) is 2.90. The lowest BCUT2D eigenvalue weighted by Gasteiger charge is -2.29. The third-order valence-corrected chi connectivity index (χ3v) is 3.86. The van der Waals surface area contributed by atoms with Gasteiger partial charge in [0.1, 0.15) is 6.29 Å². The van der Waals surface area contributed by atoms with Crippen LogP contribution in [-0.2, 0) is 5.41 Å². The van der Waals surface area contributed by atoms with E-state index < -0.39 is 0 Å². The standard InChI is InChI=1S/C14H19NO/c1-11-4-5-13(12(8-11)9-16)14(10-15)6-2-3-7-14/h4-5,8-9H,2-3,6-7,10,15H2,1H3. The predicted octanol–water partition coefficient (Wildman–Crippen LogP) is 2.58. The Balaban J connectivity index is 2.49. The summed E-state index contributed by atoms with van der Waals surface area (Å²) in [6.45, 7) is 2.66. The molecular formula is C14H19NO. The lowest BCUT2D eigenvalue weighted by Crippen LogP contribution is -2.33.